The third-order valence-corrected chi connectivity index (χ3v) is 4.19. The van der Waals surface area contributed by atoms with Crippen molar-refractivity contribution in [1.82, 2.24) is 9.88 Å². The molecule has 1 aromatic heterocycles. The van der Waals surface area contributed by atoms with Crippen LogP contribution in [-0.4, -0.2) is 22.3 Å². The first kappa shape index (κ1) is 16.7. The molecule has 4 heteroatoms. The highest BCUT2D eigenvalue weighted by Gasteiger charge is 2.12. The number of carbonyl (C=O) groups is 1. The quantitative estimate of drug-likeness (QED) is 0.704. The van der Waals surface area contributed by atoms with E-state index in [9.17, 15) is 9.59 Å². The molecule has 0 fully saturated rings. The molecule has 0 bridgehead atoms. The predicted molar refractivity (Wildman–Crippen MR) is 100 cm³/mol. The number of rotatable bonds is 6. The summed E-state index contributed by atoms with van der Waals surface area (Å²) in [4.78, 5) is 28.7. The van der Waals surface area contributed by atoms with E-state index in [1.54, 1.807) is 11.0 Å². The standard InChI is InChI=1S/C21H20N2O2/c1-2-21(25)23(15-16-8-4-3-5-9-16)13-12-17-14-20(24)22-19-11-7-6-10-18(17)19/h2-11,14H,1,12-13,15H2,(H,22,24). The molecule has 1 N–H and O–H groups in total. The number of benzene rings is 2. The Morgan fingerprint density at radius 2 is 1.80 bits per heavy atom. The molecular weight excluding hydrogens is 312 g/mol. The van der Waals surface area contributed by atoms with Gasteiger partial charge in [-0.05, 0) is 29.7 Å². The Morgan fingerprint density at radius 1 is 1.08 bits per heavy atom. The minimum atomic E-state index is -0.127. The van der Waals surface area contributed by atoms with Crippen LogP contribution in [0.25, 0.3) is 10.9 Å². The highest BCUT2D eigenvalue weighted by Crippen LogP contribution is 2.16. The summed E-state index contributed by atoms with van der Waals surface area (Å²) in [6.07, 6.45) is 1.94. The van der Waals surface area contributed by atoms with E-state index in [1.165, 1.54) is 6.08 Å². The van der Waals surface area contributed by atoms with Crippen LogP contribution >= 0.6 is 0 Å². The number of para-hydroxylation sites is 1. The number of aromatic nitrogens is 1. The van der Waals surface area contributed by atoms with Gasteiger partial charge in [-0.2, -0.15) is 0 Å². The Balaban J connectivity index is 1.83. The average molecular weight is 332 g/mol. The molecule has 2 aromatic carbocycles. The van der Waals surface area contributed by atoms with Gasteiger partial charge < -0.3 is 9.88 Å². The van der Waals surface area contributed by atoms with Gasteiger partial charge in [-0.1, -0.05) is 55.1 Å². The number of nitrogens with zero attached hydrogens (tertiary/aromatic N) is 1. The van der Waals surface area contributed by atoms with Crippen molar-refractivity contribution in [3.8, 4) is 0 Å². The Bertz CT molecular complexity index is 945. The number of hydrogen-bond acceptors (Lipinski definition) is 2. The molecule has 0 atom stereocenters. The zero-order valence-electron chi connectivity index (χ0n) is 13.9. The van der Waals surface area contributed by atoms with Gasteiger partial charge >= 0.3 is 0 Å². The van der Waals surface area contributed by atoms with Gasteiger partial charge in [0.15, 0.2) is 0 Å². The number of H-pyrrole nitrogens is 1. The van der Waals surface area contributed by atoms with Gasteiger partial charge in [-0.3, -0.25) is 9.59 Å². The van der Waals surface area contributed by atoms with Crippen molar-refractivity contribution in [3.63, 3.8) is 0 Å². The van der Waals surface area contributed by atoms with Crippen LogP contribution in [0.4, 0.5) is 0 Å². The molecule has 0 aliphatic heterocycles. The molecule has 3 aromatic rings. The van der Waals surface area contributed by atoms with Gasteiger partial charge in [0.05, 0.1) is 0 Å². The first-order valence-corrected chi connectivity index (χ1v) is 8.23. The third kappa shape index (κ3) is 4.04. The smallest absolute Gasteiger partial charge is 0.248 e. The first-order valence-electron chi connectivity index (χ1n) is 8.23. The number of hydrogen-bond donors (Lipinski definition) is 1. The summed E-state index contributed by atoms with van der Waals surface area (Å²) in [6.45, 7) is 4.64. The second-order valence-electron chi connectivity index (χ2n) is 5.90. The molecule has 0 unspecified atom stereocenters. The van der Waals surface area contributed by atoms with Crippen LogP contribution in [0.15, 0.2) is 78.1 Å². The maximum Gasteiger partial charge on any atom is 0.248 e. The van der Waals surface area contributed by atoms with Crippen LogP contribution < -0.4 is 5.56 Å². The molecule has 25 heavy (non-hydrogen) atoms. The second kappa shape index (κ2) is 7.62. The Hall–Kier alpha value is -3.14. The summed E-state index contributed by atoms with van der Waals surface area (Å²) in [6, 6.07) is 19.2. The largest absolute Gasteiger partial charge is 0.335 e. The molecule has 0 saturated carbocycles. The van der Waals surface area contributed by atoms with Crippen LogP contribution in [-0.2, 0) is 17.8 Å². The van der Waals surface area contributed by atoms with Crippen molar-refractivity contribution >= 4 is 16.8 Å². The van der Waals surface area contributed by atoms with Gasteiger partial charge in [0.1, 0.15) is 0 Å². The maximum atomic E-state index is 12.2. The Morgan fingerprint density at radius 3 is 2.56 bits per heavy atom. The lowest BCUT2D eigenvalue weighted by Crippen LogP contribution is -2.31. The highest BCUT2D eigenvalue weighted by molar-refractivity contribution is 5.87. The summed E-state index contributed by atoms with van der Waals surface area (Å²) in [5, 5.41) is 1.01. The van der Waals surface area contributed by atoms with E-state index in [2.05, 4.69) is 11.6 Å². The van der Waals surface area contributed by atoms with Crippen molar-refractivity contribution in [2.45, 2.75) is 13.0 Å². The van der Waals surface area contributed by atoms with E-state index in [1.807, 2.05) is 54.6 Å². The van der Waals surface area contributed by atoms with Crippen LogP contribution in [0.5, 0.6) is 0 Å². The maximum absolute atomic E-state index is 12.2. The Kier molecular flexibility index (Phi) is 5.09. The zero-order chi connectivity index (χ0) is 17.6. The fraction of sp³-hybridized carbons (Fsp3) is 0.143. The van der Waals surface area contributed by atoms with Crippen LogP contribution in [0, 0.1) is 0 Å². The molecule has 0 aliphatic rings. The minimum absolute atomic E-state index is 0.113. The van der Waals surface area contributed by atoms with Gasteiger partial charge in [0, 0.05) is 30.1 Å². The number of nitrogens with one attached hydrogen (secondary N) is 1. The minimum Gasteiger partial charge on any atom is -0.335 e. The van der Waals surface area contributed by atoms with Crippen molar-refractivity contribution < 1.29 is 4.79 Å². The Labute approximate surface area is 146 Å². The number of pyridine rings is 1. The number of aromatic amines is 1. The van der Waals surface area contributed by atoms with E-state index in [-0.39, 0.29) is 11.5 Å². The molecule has 0 saturated heterocycles. The third-order valence-electron chi connectivity index (χ3n) is 4.19. The predicted octanol–water partition coefficient (Wildman–Crippen LogP) is 3.29. The second-order valence-corrected chi connectivity index (χ2v) is 5.90. The average Bonchev–Trinajstić information content (AvgIpc) is 2.65. The lowest BCUT2D eigenvalue weighted by atomic mass is 10.1. The van der Waals surface area contributed by atoms with Gasteiger partial charge in [0.2, 0.25) is 11.5 Å². The van der Waals surface area contributed by atoms with Gasteiger partial charge in [-0.15, -0.1) is 0 Å². The molecule has 0 aliphatic carbocycles. The van der Waals surface area contributed by atoms with Crippen molar-refractivity contribution in [2.75, 3.05) is 6.54 Å². The van der Waals surface area contributed by atoms with Crippen molar-refractivity contribution in [2.24, 2.45) is 0 Å². The molecular formula is C21H20N2O2. The first-order chi connectivity index (χ1) is 12.2. The SMILES string of the molecule is C=CC(=O)N(CCc1cc(=O)[nH]c2ccccc12)Cc1ccccc1. The number of fused-ring (bicyclic) bond motifs is 1. The van der Waals surface area contributed by atoms with E-state index in [0.29, 0.717) is 19.5 Å². The number of carbonyl (C=O) groups excluding carboxylic acids is 1. The fourth-order valence-electron chi connectivity index (χ4n) is 2.94. The van der Waals surface area contributed by atoms with Crippen LogP contribution in [0.1, 0.15) is 11.1 Å². The summed E-state index contributed by atoms with van der Waals surface area (Å²) in [7, 11) is 0. The van der Waals surface area contributed by atoms with Crippen molar-refractivity contribution in [3.05, 3.63) is 94.8 Å². The summed E-state index contributed by atoms with van der Waals surface area (Å²) >= 11 is 0. The molecule has 4 nitrogen and oxygen atoms in total. The lowest BCUT2D eigenvalue weighted by Gasteiger charge is -2.21. The van der Waals surface area contributed by atoms with Gasteiger partial charge in [-0.25, -0.2) is 0 Å². The zero-order valence-corrected chi connectivity index (χ0v) is 13.9. The molecule has 3 rings (SSSR count). The van der Waals surface area contributed by atoms with Crippen molar-refractivity contribution in [1.29, 1.82) is 0 Å². The summed E-state index contributed by atoms with van der Waals surface area (Å²) in [5.74, 6) is -0.113. The van der Waals surface area contributed by atoms with E-state index >= 15 is 0 Å². The van der Waals surface area contributed by atoms with E-state index < -0.39 is 0 Å². The molecule has 0 radical (unpaired) electrons. The van der Waals surface area contributed by atoms with Crippen LogP contribution in [0.3, 0.4) is 0 Å². The van der Waals surface area contributed by atoms with Gasteiger partial charge in [0.25, 0.3) is 0 Å². The molecule has 1 heterocycles. The molecule has 1 amide bonds. The summed E-state index contributed by atoms with van der Waals surface area (Å²) < 4.78 is 0. The molecule has 126 valence electrons. The normalized spacial score (nSPS) is 10.6. The summed E-state index contributed by atoms with van der Waals surface area (Å²) in [5.41, 5.74) is 2.69. The number of amides is 1. The highest BCUT2D eigenvalue weighted by atomic mass is 16.2. The van der Waals surface area contributed by atoms with Crippen LogP contribution in [0.2, 0.25) is 0 Å². The topological polar surface area (TPSA) is 53.2 Å². The fourth-order valence-corrected chi connectivity index (χ4v) is 2.94. The molecule has 0 spiro atoms. The van der Waals surface area contributed by atoms with E-state index in [0.717, 1.165) is 22.0 Å². The monoisotopic (exact) mass is 332 g/mol. The lowest BCUT2D eigenvalue weighted by molar-refractivity contribution is -0.126. The van der Waals surface area contributed by atoms with E-state index in [4.69, 9.17) is 0 Å².